The molecule has 0 bridgehead atoms. The number of para-hydroxylation sites is 3. The van der Waals surface area contributed by atoms with E-state index in [1.807, 2.05) is 0 Å². The molecule has 0 atom stereocenters. The molecule has 1 nitrogen and oxygen atoms in total. The second-order valence-electron chi connectivity index (χ2n) is 5.51. The Hall–Kier alpha value is -2.48. The summed E-state index contributed by atoms with van der Waals surface area (Å²) < 4.78 is 0. The Morgan fingerprint density at radius 2 is 1.10 bits per heavy atom. The third-order valence-corrected chi connectivity index (χ3v) is 4.30. The first-order valence-corrected chi connectivity index (χ1v) is 7.39. The van der Waals surface area contributed by atoms with Crippen LogP contribution in [0.5, 0.6) is 0 Å². The average Bonchev–Trinajstić information content (AvgIpc) is 2.56. The predicted molar refractivity (Wildman–Crippen MR) is 92.0 cm³/mol. The summed E-state index contributed by atoms with van der Waals surface area (Å²) in [6.07, 6.45) is 0. The lowest BCUT2D eigenvalue weighted by molar-refractivity contribution is 1.29. The van der Waals surface area contributed by atoms with E-state index in [2.05, 4.69) is 90.6 Å². The second kappa shape index (κ2) is 4.82. The van der Waals surface area contributed by atoms with Crippen LogP contribution in [0.15, 0.2) is 78.9 Å². The van der Waals surface area contributed by atoms with E-state index in [1.54, 1.807) is 0 Å². The maximum Gasteiger partial charge on any atom is 0.211 e. The van der Waals surface area contributed by atoms with Crippen LogP contribution in [0.2, 0.25) is 6.82 Å². The standard InChI is InChI=1S/C19H16BN/c1-20-16-11-5-7-13-18(16)21(15-9-3-2-4-10-15)19-14-8-6-12-17(19)20/h2-14H,1H3. The van der Waals surface area contributed by atoms with Crippen molar-refractivity contribution in [3.05, 3.63) is 78.9 Å². The first kappa shape index (κ1) is 12.3. The summed E-state index contributed by atoms with van der Waals surface area (Å²) in [5, 5.41) is 0. The van der Waals surface area contributed by atoms with Crippen molar-refractivity contribution in [2.24, 2.45) is 0 Å². The maximum absolute atomic E-state index is 2.37. The topological polar surface area (TPSA) is 3.24 Å². The molecule has 2 heteroatoms. The van der Waals surface area contributed by atoms with Crippen molar-refractivity contribution in [3.8, 4) is 0 Å². The Balaban J connectivity index is 2.01. The number of rotatable bonds is 1. The zero-order valence-electron chi connectivity index (χ0n) is 12.0. The molecular weight excluding hydrogens is 253 g/mol. The summed E-state index contributed by atoms with van der Waals surface area (Å²) in [4.78, 5) is 2.37. The van der Waals surface area contributed by atoms with Gasteiger partial charge in [-0.3, -0.25) is 0 Å². The van der Waals surface area contributed by atoms with Gasteiger partial charge >= 0.3 is 0 Å². The fourth-order valence-electron chi connectivity index (χ4n) is 3.27. The molecule has 3 aromatic carbocycles. The van der Waals surface area contributed by atoms with Crippen LogP contribution < -0.4 is 15.8 Å². The zero-order valence-corrected chi connectivity index (χ0v) is 12.0. The molecule has 1 aliphatic heterocycles. The highest BCUT2D eigenvalue weighted by Crippen LogP contribution is 2.35. The largest absolute Gasteiger partial charge is 0.312 e. The van der Waals surface area contributed by atoms with Gasteiger partial charge in [0.05, 0.1) is 0 Å². The van der Waals surface area contributed by atoms with Gasteiger partial charge in [-0.05, 0) is 24.3 Å². The van der Waals surface area contributed by atoms with Gasteiger partial charge in [0.2, 0.25) is 6.71 Å². The number of hydrogen-bond acceptors (Lipinski definition) is 1. The summed E-state index contributed by atoms with van der Waals surface area (Å²) >= 11 is 0. The quantitative estimate of drug-likeness (QED) is 0.609. The van der Waals surface area contributed by atoms with Crippen LogP contribution in [0.1, 0.15) is 0 Å². The summed E-state index contributed by atoms with van der Waals surface area (Å²) in [7, 11) is 0. The molecule has 1 heterocycles. The highest BCUT2D eigenvalue weighted by atomic mass is 15.1. The molecule has 0 saturated heterocycles. The number of anilines is 3. The van der Waals surface area contributed by atoms with Crippen molar-refractivity contribution in [2.75, 3.05) is 4.90 Å². The Morgan fingerprint density at radius 1 is 0.619 bits per heavy atom. The predicted octanol–water partition coefficient (Wildman–Crippen LogP) is 3.71. The van der Waals surface area contributed by atoms with E-state index in [-0.39, 0.29) is 0 Å². The van der Waals surface area contributed by atoms with Gasteiger partial charge in [-0.25, -0.2) is 0 Å². The molecule has 0 fully saturated rings. The van der Waals surface area contributed by atoms with E-state index >= 15 is 0 Å². The van der Waals surface area contributed by atoms with Crippen molar-refractivity contribution in [1.82, 2.24) is 0 Å². The van der Waals surface area contributed by atoms with Crippen molar-refractivity contribution >= 4 is 34.7 Å². The van der Waals surface area contributed by atoms with Gasteiger partial charge in [0.15, 0.2) is 0 Å². The molecule has 21 heavy (non-hydrogen) atoms. The SMILES string of the molecule is CB1c2ccccc2N(c2ccccc2)c2ccccc21. The molecule has 0 amide bonds. The third kappa shape index (κ3) is 1.87. The molecule has 0 N–H and O–H groups in total. The number of fused-ring (bicyclic) bond motifs is 2. The molecule has 0 aliphatic carbocycles. The summed E-state index contributed by atoms with van der Waals surface area (Å²) in [5.74, 6) is 0. The van der Waals surface area contributed by atoms with E-state index in [4.69, 9.17) is 0 Å². The summed E-state index contributed by atoms with van der Waals surface area (Å²) in [5.41, 5.74) is 6.56. The van der Waals surface area contributed by atoms with Gasteiger partial charge in [-0.2, -0.15) is 0 Å². The minimum atomic E-state index is 0.428. The van der Waals surface area contributed by atoms with E-state index in [0.29, 0.717) is 6.71 Å². The van der Waals surface area contributed by atoms with Gasteiger partial charge in [0.1, 0.15) is 0 Å². The first-order chi connectivity index (χ1) is 10.4. The van der Waals surface area contributed by atoms with E-state index in [9.17, 15) is 0 Å². The Bertz CT molecular complexity index is 735. The van der Waals surface area contributed by atoms with E-state index in [0.717, 1.165) is 0 Å². The minimum absolute atomic E-state index is 0.428. The molecule has 3 aromatic rings. The number of hydrogen-bond donors (Lipinski definition) is 0. The van der Waals surface area contributed by atoms with Crippen LogP contribution in [0, 0.1) is 0 Å². The van der Waals surface area contributed by atoms with Gasteiger partial charge < -0.3 is 4.90 Å². The van der Waals surface area contributed by atoms with Crippen LogP contribution in [0.25, 0.3) is 0 Å². The molecular formula is C19H16BN. The van der Waals surface area contributed by atoms with Crippen molar-refractivity contribution < 1.29 is 0 Å². The summed E-state index contributed by atoms with van der Waals surface area (Å²) in [6, 6.07) is 28.0. The Morgan fingerprint density at radius 3 is 1.67 bits per heavy atom. The highest BCUT2D eigenvalue weighted by molar-refractivity contribution is 6.87. The fraction of sp³-hybridized carbons (Fsp3) is 0.0526. The van der Waals surface area contributed by atoms with Crippen LogP contribution in [0.3, 0.4) is 0 Å². The van der Waals surface area contributed by atoms with Crippen LogP contribution in [-0.4, -0.2) is 6.71 Å². The smallest absolute Gasteiger partial charge is 0.211 e. The molecule has 100 valence electrons. The van der Waals surface area contributed by atoms with Crippen LogP contribution >= 0.6 is 0 Å². The lowest BCUT2D eigenvalue weighted by Gasteiger charge is -2.35. The van der Waals surface area contributed by atoms with Crippen molar-refractivity contribution in [1.29, 1.82) is 0 Å². The van der Waals surface area contributed by atoms with Crippen LogP contribution in [-0.2, 0) is 0 Å². The normalized spacial score (nSPS) is 12.8. The molecule has 0 saturated carbocycles. The molecule has 0 spiro atoms. The Labute approximate surface area is 125 Å². The van der Waals surface area contributed by atoms with Crippen LogP contribution in [0.4, 0.5) is 17.1 Å². The molecule has 0 unspecified atom stereocenters. The molecule has 4 rings (SSSR count). The third-order valence-electron chi connectivity index (χ3n) is 4.30. The molecule has 0 radical (unpaired) electrons. The zero-order chi connectivity index (χ0) is 14.2. The second-order valence-corrected chi connectivity index (χ2v) is 5.51. The van der Waals surface area contributed by atoms with Gasteiger partial charge in [0, 0.05) is 17.1 Å². The Kier molecular flexibility index (Phi) is 2.82. The highest BCUT2D eigenvalue weighted by Gasteiger charge is 2.29. The summed E-state index contributed by atoms with van der Waals surface area (Å²) in [6.45, 7) is 2.72. The minimum Gasteiger partial charge on any atom is -0.312 e. The monoisotopic (exact) mass is 269 g/mol. The molecule has 1 aliphatic rings. The molecule has 0 aromatic heterocycles. The van der Waals surface area contributed by atoms with Crippen molar-refractivity contribution in [2.45, 2.75) is 6.82 Å². The van der Waals surface area contributed by atoms with Gasteiger partial charge in [-0.1, -0.05) is 72.3 Å². The fourth-order valence-corrected chi connectivity index (χ4v) is 3.27. The van der Waals surface area contributed by atoms with Gasteiger partial charge in [0.25, 0.3) is 0 Å². The van der Waals surface area contributed by atoms with Crippen molar-refractivity contribution in [3.63, 3.8) is 0 Å². The van der Waals surface area contributed by atoms with E-state index < -0.39 is 0 Å². The van der Waals surface area contributed by atoms with Gasteiger partial charge in [-0.15, -0.1) is 0 Å². The average molecular weight is 269 g/mol. The number of benzene rings is 3. The lowest BCUT2D eigenvalue weighted by atomic mass is 9.40. The maximum atomic E-state index is 2.37. The first-order valence-electron chi connectivity index (χ1n) is 7.39. The lowest BCUT2D eigenvalue weighted by Crippen LogP contribution is -2.47. The van der Waals surface area contributed by atoms with E-state index in [1.165, 1.54) is 28.0 Å². The number of nitrogens with zero attached hydrogens (tertiary/aromatic N) is 1.